The molecule has 4 rings (SSSR count). The van der Waals surface area contributed by atoms with Crippen LogP contribution in [0.5, 0.6) is 0 Å². The third kappa shape index (κ3) is 0.581. The lowest BCUT2D eigenvalue weighted by molar-refractivity contribution is -0.188. The molecule has 4 atom stereocenters. The Hall–Kier alpha value is -0.0400. The summed E-state index contributed by atoms with van der Waals surface area (Å²) in [5, 5.41) is 0. The summed E-state index contributed by atoms with van der Waals surface area (Å²) in [6.07, 6.45) is 5.53. The maximum Gasteiger partial charge on any atom is 0.0693 e. The number of ether oxygens (including phenoxy) is 1. The highest BCUT2D eigenvalue weighted by Gasteiger charge is 2.63. The summed E-state index contributed by atoms with van der Waals surface area (Å²) in [5.74, 6) is 1.79. The second kappa shape index (κ2) is 1.52. The largest absolute Gasteiger partial charge is 0.369 e. The molecule has 2 heterocycles. The Labute approximate surface area is 68.1 Å². The van der Waals surface area contributed by atoms with Crippen molar-refractivity contribution in [3.05, 3.63) is 0 Å². The fourth-order valence-electron chi connectivity index (χ4n) is 3.68. The molecule has 0 aromatic heterocycles. The zero-order chi connectivity index (χ0) is 7.69. The van der Waals surface area contributed by atoms with Crippen LogP contribution in [0, 0.1) is 11.8 Å². The summed E-state index contributed by atoms with van der Waals surface area (Å²) >= 11 is 0. The van der Waals surface area contributed by atoms with Crippen molar-refractivity contribution in [1.29, 1.82) is 0 Å². The van der Waals surface area contributed by atoms with Gasteiger partial charge in [-0.3, -0.25) is 0 Å². The third-order valence-electron chi connectivity index (χ3n) is 4.40. The van der Waals surface area contributed by atoms with Gasteiger partial charge in [-0.15, -0.1) is 0 Å². The molecule has 62 valence electrons. The molecule has 11 heavy (non-hydrogen) atoms. The van der Waals surface area contributed by atoms with Crippen molar-refractivity contribution >= 4 is 0 Å². The van der Waals surface area contributed by atoms with Gasteiger partial charge in [0.25, 0.3) is 0 Å². The monoisotopic (exact) mass is 152 g/mol. The molecule has 2 saturated carbocycles. The number of hydrogen-bond acceptors (Lipinski definition) is 1. The molecule has 2 aliphatic heterocycles. The standard InChI is InChI=1S/C10H16O/c1-9-4-3-7-5-8(9)6-10(7,2)11-9/h7-8H,3-6H2,1-2H3. The SMILES string of the molecule is CC12CCC3CC1CC3(C)O2. The van der Waals surface area contributed by atoms with Crippen molar-refractivity contribution in [2.75, 3.05) is 0 Å². The van der Waals surface area contributed by atoms with Crippen molar-refractivity contribution in [3.63, 3.8) is 0 Å². The van der Waals surface area contributed by atoms with Crippen LogP contribution in [-0.4, -0.2) is 11.2 Å². The van der Waals surface area contributed by atoms with E-state index < -0.39 is 0 Å². The highest BCUT2D eigenvalue weighted by molar-refractivity contribution is 5.12. The highest BCUT2D eigenvalue weighted by Crippen LogP contribution is 2.63. The molecule has 0 N–H and O–H groups in total. The fourth-order valence-corrected chi connectivity index (χ4v) is 3.68. The van der Waals surface area contributed by atoms with E-state index in [9.17, 15) is 0 Å². The van der Waals surface area contributed by atoms with Gasteiger partial charge in [-0.25, -0.2) is 0 Å². The van der Waals surface area contributed by atoms with E-state index >= 15 is 0 Å². The van der Waals surface area contributed by atoms with Gasteiger partial charge in [0, 0.05) is 0 Å². The summed E-state index contributed by atoms with van der Waals surface area (Å²) in [7, 11) is 0. The first-order valence-electron chi connectivity index (χ1n) is 4.83. The van der Waals surface area contributed by atoms with E-state index in [2.05, 4.69) is 13.8 Å². The van der Waals surface area contributed by atoms with Crippen LogP contribution in [0.15, 0.2) is 0 Å². The van der Waals surface area contributed by atoms with Gasteiger partial charge in [0.15, 0.2) is 0 Å². The lowest BCUT2D eigenvalue weighted by Gasteiger charge is -2.47. The number of hydrogen-bond donors (Lipinski definition) is 0. The molecule has 0 radical (unpaired) electrons. The van der Waals surface area contributed by atoms with Gasteiger partial charge in [-0.2, -0.15) is 0 Å². The minimum atomic E-state index is 0.281. The Morgan fingerprint density at radius 1 is 1.18 bits per heavy atom. The van der Waals surface area contributed by atoms with Crippen molar-refractivity contribution in [3.8, 4) is 0 Å². The molecule has 0 spiro atoms. The molecule has 0 aromatic rings. The normalized spacial score (nSPS) is 66.0. The average molecular weight is 152 g/mol. The lowest BCUT2D eigenvalue weighted by atomic mass is 9.74. The van der Waals surface area contributed by atoms with Crippen molar-refractivity contribution in [2.45, 2.75) is 50.7 Å². The van der Waals surface area contributed by atoms with E-state index in [1.807, 2.05) is 0 Å². The molecule has 4 unspecified atom stereocenters. The average Bonchev–Trinajstić information content (AvgIpc) is 2.31. The van der Waals surface area contributed by atoms with Gasteiger partial charge in [0.05, 0.1) is 11.2 Å². The van der Waals surface area contributed by atoms with Gasteiger partial charge < -0.3 is 4.74 Å². The second-order valence-corrected chi connectivity index (χ2v) is 5.10. The molecule has 2 aliphatic carbocycles. The van der Waals surface area contributed by atoms with Gasteiger partial charge in [-0.1, -0.05) is 0 Å². The molecule has 4 bridgehead atoms. The maximum atomic E-state index is 6.13. The molecule has 0 amide bonds. The maximum absolute atomic E-state index is 6.13. The Balaban J connectivity index is 2.08. The van der Waals surface area contributed by atoms with Crippen LogP contribution < -0.4 is 0 Å². The molecule has 1 heteroatoms. The van der Waals surface area contributed by atoms with E-state index in [1.54, 1.807) is 0 Å². The first kappa shape index (κ1) is 6.47. The summed E-state index contributed by atoms with van der Waals surface area (Å²) < 4.78 is 6.13. The summed E-state index contributed by atoms with van der Waals surface area (Å²) in [4.78, 5) is 0. The molecular formula is C10H16O. The zero-order valence-corrected chi connectivity index (χ0v) is 7.39. The van der Waals surface area contributed by atoms with Crippen LogP contribution in [-0.2, 0) is 4.74 Å². The minimum Gasteiger partial charge on any atom is -0.369 e. The van der Waals surface area contributed by atoms with Gasteiger partial charge >= 0.3 is 0 Å². The van der Waals surface area contributed by atoms with E-state index in [4.69, 9.17) is 4.74 Å². The first-order chi connectivity index (χ1) is 5.12. The van der Waals surface area contributed by atoms with Crippen LogP contribution in [0.1, 0.15) is 39.5 Å². The molecular weight excluding hydrogens is 136 g/mol. The summed E-state index contributed by atoms with van der Waals surface area (Å²) in [6, 6.07) is 0. The van der Waals surface area contributed by atoms with E-state index in [-0.39, 0.29) is 11.2 Å². The topological polar surface area (TPSA) is 9.23 Å². The van der Waals surface area contributed by atoms with Crippen LogP contribution in [0.25, 0.3) is 0 Å². The van der Waals surface area contributed by atoms with Crippen molar-refractivity contribution < 1.29 is 4.74 Å². The van der Waals surface area contributed by atoms with Crippen molar-refractivity contribution in [2.24, 2.45) is 11.8 Å². The van der Waals surface area contributed by atoms with Crippen LogP contribution in [0.4, 0.5) is 0 Å². The second-order valence-electron chi connectivity index (χ2n) is 5.10. The summed E-state index contributed by atoms with van der Waals surface area (Å²) in [6.45, 7) is 4.64. The third-order valence-corrected chi connectivity index (χ3v) is 4.40. The van der Waals surface area contributed by atoms with Crippen molar-refractivity contribution in [1.82, 2.24) is 0 Å². The summed E-state index contributed by atoms with van der Waals surface area (Å²) in [5.41, 5.74) is 0.571. The first-order valence-corrected chi connectivity index (χ1v) is 4.83. The van der Waals surface area contributed by atoms with E-state index in [0.29, 0.717) is 0 Å². The molecule has 4 fully saturated rings. The molecule has 2 saturated heterocycles. The Morgan fingerprint density at radius 3 is 2.45 bits per heavy atom. The Bertz CT molecular complexity index is 211. The van der Waals surface area contributed by atoms with Gasteiger partial charge in [0.1, 0.15) is 0 Å². The predicted molar refractivity (Wildman–Crippen MR) is 43.3 cm³/mol. The molecule has 0 aromatic carbocycles. The molecule has 1 nitrogen and oxygen atoms in total. The lowest BCUT2D eigenvalue weighted by Crippen LogP contribution is -2.48. The predicted octanol–water partition coefficient (Wildman–Crippen LogP) is 2.35. The zero-order valence-electron chi connectivity index (χ0n) is 7.39. The van der Waals surface area contributed by atoms with E-state index in [0.717, 1.165) is 11.8 Å². The minimum absolute atomic E-state index is 0.281. The quantitative estimate of drug-likeness (QED) is 0.517. The molecule has 4 aliphatic rings. The van der Waals surface area contributed by atoms with Gasteiger partial charge in [0.2, 0.25) is 0 Å². The van der Waals surface area contributed by atoms with Crippen LogP contribution in [0.2, 0.25) is 0 Å². The van der Waals surface area contributed by atoms with Gasteiger partial charge in [-0.05, 0) is 51.4 Å². The smallest absolute Gasteiger partial charge is 0.0693 e. The Kier molecular flexibility index (Phi) is 0.893. The fraction of sp³-hybridized carbons (Fsp3) is 1.00. The number of rotatable bonds is 0. The van der Waals surface area contributed by atoms with E-state index in [1.165, 1.54) is 25.7 Å². The highest BCUT2D eigenvalue weighted by atomic mass is 16.5. The van der Waals surface area contributed by atoms with Crippen LogP contribution in [0.3, 0.4) is 0 Å². The number of fused-ring (bicyclic) bond motifs is 1. The Morgan fingerprint density at radius 2 is 2.00 bits per heavy atom. The van der Waals surface area contributed by atoms with Crippen LogP contribution >= 0.6 is 0 Å².